The molecule has 9 nitrogen and oxygen atoms in total. The van der Waals surface area contributed by atoms with Gasteiger partial charge < -0.3 is 10.1 Å². The Morgan fingerprint density at radius 2 is 1.87 bits per heavy atom. The Bertz CT molecular complexity index is 1030. The van der Waals surface area contributed by atoms with Crippen molar-refractivity contribution in [2.24, 2.45) is 0 Å². The highest BCUT2D eigenvalue weighted by molar-refractivity contribution is 7.86. The highest BCUT2D eigenvalue weighted by atomic mass is 32.2. The predicted octanol–water partition coefficient (Wildman–Crippen LogP) is 1.79. The SMILES string of the molecule is Cc1nc([C@H]2CCCN(S(=O)(=O)N3CCOCC3)C2)ncc1C(=O)Nc1ccccc1. The molecule has 0 aliphatic carbocycles. The maximum Gasteiger partial charge on any atom is 0.282 e. The number of hydrogen-bond acceptors (Lipinski definition) is 6. The van der Waals surface area contributed by atoms with E-state index in [0.29, 0.717) is 62.2 Å². The van der Waals surface area contributed by atoms with E-state index in [1.807, 2.05) is 30.3 Å². The zero-order valence-electron chi connectivity index (χ0n) is 17.5. The lowest BCUT2D eigenvalue weighted by atomic mass is 9.98. The molecule has 1 aromatic carbocycles. The maximum absolute atomic E-state index is 13.0. The second-order valence-corrected chi connectivity index (χ2v) is 9.69. The van der Waals surface area contributed by atoms with Crippen molar-refractivity contribution >= 4 is 21.8 Å². The normalized spacial score (nSPS) is 21.0. The predicted molar refractivity (Wildman–Crippen MR) is 116 cm³/mol. The first-order chi connectivity index (χ1) is 14.9. The Morgan fingerprint density at radius 1 is 1.13 bits per heavy atom. The number of anilines is 1. The second-order valence-electron chi connectivity index (χ2n) is 7.76. The summed E-state index contributed by atoms with van der Waals surface area (Å²) in [6, 6.07) is 9.21. The summed E-state index contributed by atoms with van der Waals surface area (Å²) in [5.74, 6) is 0.209. The summed E-state index contributed by atoms with van der Waals surface area (Å²) in [6.07, 6.45) is 3.09. The number of amides is 1. The minimum atomic E-state index is -3.53. The topological polar surface area (TPSA) is 105 Å². The fraction of sp³-hybridized carbons (Fsp3) is 0.476. The number of benzene rings is 1. The number of ether oxygens (including phenoxy) is 1. The Labute approximate surface area is 182 Å². The van der Waals surface area contributed by atoms with Crippen LogP contribution in [0.5, 0.6) is 0 Å². The van der Waals surface area contributed by atoms with Gasteiger partial charge in [0.25, 0.3) is 16.1 Å². The number of rotatable bonds is 5. The number of nitrogens with one attached hydrogen (secondary N) is 1. The van der Waals surface area contributed by atoms with Crippen LogP contribution in [0.15, 0.2) is 36.5 Å². The molecular formula is C21H27N5O4S. The van der Waals surface area contributed by atoms with Crippen LogP contribution in [-0.4, -0.2) is 72.3 Å². The molecule has 1 aromatic heterocycles. The molecule has 0 saturated carbocycles. The van der Waals surface area contributed by atoms with Crippen LogP contribution in [0.25, 0.3) is 0 Å². The molecule has 166 valence electrons. The summed E-state index contributed by atoms with van der Waals surface area (Å²) in [5.41, 5.74) is 1.68. The van der Waals surface area contributed by atoms with Crippen LogP contribution in [0.2, 0.25) is 0 Å². The van der Waals surface area contributed by atoms with Crippen LogP contribution < -0.4 is 5.32 Å². The highest BCUT2D eigenvalue weighted by Gasteiger charge is 2.35. The van der Waals surface area contributed by atoms with Crippen LogP contribution in [0, 0.1) is 6.92 Å². The standard InChI is InChI=1S/C21H27N5O4S/c1-16-19(21(27)24-18-7-3-2-4-8-18)14-22-20(23-16)17-6-5-9-26(15-17)31(28,29)25-10-12-30-13-11-25/h2-4,7-8,14,17H,5-6,9-13,15H2,1H3,(H,24,27)/t17-/m0/s1. The minimum absolute atomic E-state index is 0.102. The molecule has 0 unspecified atom stereocenters. The summed E-state index contributed by atoms with van der Waals surface area (Å²) >= 11 is 0. The zero-order valence-corrected chi connectivity index (χ0v) is 18.3. The van der Waals surface area contributed by atoms with E-state index >= 15 is 0 Å². The number of carbonyl (C=O) groups excluding carboxylic acids is 1. The summed E-state index contributed by atoms with van der Waals surface area (Å²) in [5, 5.41) is 2.84. The van der Waals surface area contributed by atoms with Crippen molar-refractivity contribution in [2.75, 3.05) is 44.7 Å². The Balaban J connectivity index is 1.46. The number of piperidine rings is 1. The van der Waals surface area contributed by atoms with E-state index in [1.54, 1.807) is 6.92 Å². The summed E-state index contributed by atoms with van der Waals surface area (Å²) < 4.78 is 34.3. The molecule has 2 aliphatic rings. The number of para-hydroxylation sites is 1. The number of carbonyl (C=O) groups is 1. The molecule has 1 amide bonds. The van der Waals surface area contributed by atoms with Gasteiger partial charge in [-0.15, -0.1) is 0 Å². The molecule has 0 spiro atoms. The van der Waals surface area contributed by atoms with Crippen molar-refractivity contribution in [3.8, 4) is 0 Å². The van der Waals surface area contributed by atoms with E-state index in [4.69, 9.17) is 4.74 Å². The maximum atomic E-state index is 13.0. The van der Waals surface area contributed by atoms with E-state index in [2.05, 4.69) is 15.3 Å². The lowest BCUT2D eigenvalue weighted by molar-refractivity contribution is 0.0695. The molecular weight excluding hydrogens is 418 g/mol. The molecule has 2 aliphatic heterocycles. The Kier molecular flexibility index (Phi) is 6.61. The van der Waals surface area contributed by atoms with Crippen molar-refractivity contribution in [3.05, 3.63) is 53.6 Å². The average molecular weight is 446 g/mol. The third kappa shape index (κ3) is 4.93. The van der Waals surface area contributed by atoms with Crippen molar-refractivity contribution in [3.63, 3.8) is 0 Å². The molecule has 3 heterocycles. The van der Waals surface area contributed by atoms with Gasteiger partial charge in [-0.25, -0.2) is 9.97 Å². The molecule has 0 radical (unpaired) electrons. The fourth-order valence-electron chi connectivity index (χ4n) is 3.93. The largest absolute Gasteiger partial charge is 0.379 e. The average Bonchev–Trinajstić information content (AvgIpc) is 2.80. The molecule has 0 bridgehead atoms. The fourth-order valence-corrected chi connectivity index (χ4v) is 5.59. The molecule has 1 atom stereocenters. The molecule has 2 fully saturated rings. The number of aryl methyl sites for hydroxylation is 1. The molecule has 1 N–H and O–H groups in total. The molecule has 2 saturated heterocycles. The molecule has 2 aromatic rings. The van der Waals surface area contributed by atoms with Crippen molar-refractivity contribution in [1.82, 2.24) is 18.6 Å². The first-order valence-corrected chi connectivity index (χ1v) is 11.9. The van der Waals surface area contributed by atoms with Gasteiger partial charge in [-0.05, 0) is 31.9 Å². The van der Waals surface area contributed by atoms with Gasteiger partial charge in [0.05, 0.1) is 24.5 Å². The van der Waals surface area contributed by atoms with Crippen LogP contribution in [0.4, 0.5) is 5.69 Å². The zero-order chi connectivity index (χ0) is 21.8. The van der Waals surface area contributed by atoms with Gasteiger partial charge in [0.15, 0.2) is 0 Å². The van der Waals surface area contributed by atoms with E-state index in [1.165, 1.54) is 14.8 Å². The van der Waals surface area contributed by atoms with E-state index in [9.17, 15) is 13.2 Å². The third-order valence-electron chi connectivity index (χ3n) is 5.65. The summed E-state index contributed by atoms with van der Waals surface area (Å²) in [7, 11) is -3.53. The number of morpholine rings is 1. The number of nitrogens with zero attached hydrogens (tertiary/aromatic N) is 4. The van der Waals surface area contributed by atoms with E-state index in [0.717, 1.165) is 12.8 Å². The van der Waals surface area contributed by atoms with Gasteiger partial charge in [-0.1, -0.05) is 18.2 Å². The van der Waals surface area contributed by atoms with Crippen molar-refractivity contribution < 1.29 is 17.9 Å². The van der Waals surface area contributed by atoms with Gasteiger partial charge in [0.1, 0.15) is 5.82 Å². The van der Waals surface area contributed by atoms with E-state index in [-0.39, 0.29) is 11.8 Å². The minimum Gasteiger partial charge on any atom is -0.379 e. The van der Waals surface area contributed by atoms with Gasteiger partial charge >= 0.3 is 0 Å². The lowest BCUT2D eigenvalue weighted by Crippen LogP contribution is -2.51. The van der Waals surface area contributed by atoms with Gasteiger partial charge in [-0.2, -0.15) is 17.0 Å². The third-order valence-corrected chi connectivity index (χ3v) is 7.65. The van der Waals surface area contributed by atoms with Gasteiger partial charge in [0.2, 0.25) is 0 Å². The summed E-state index contributed by atoms with van der Waals surface area (Å²) in [6.45, 7) is 4.21. The molecule has 4 rings (SSSR count). The lowest BCUT2D eigenvalue weighted by Gasteiger charge is -2.36. The van der Waals surface area contributed by atoms with Gasteiger partial charge in [0, 0.05) is 44.0 Å². The van der Waals surface area contributed by atoms with E-state index < -0.39 is 10.2 Å². The monoisotopic (exact) mass is 445 g/mol. The quantitative estimate of drug-likeness (QED) is 0.752. The second kappa shape index (κ2) is 9.39. The highest BCUT2D eigenvalue weighted by Crippen LogP contribution is 2.28. The van der Waals surface area contributed by atoms with Crippen molar-refractivity contribution in [2.45, 2.75) is 25.7 Å². The van der Waals surface area contributed by atoms with Gasteiger partial charge in [-0.3, -0.25) is 4.79 Å². The molecule has 31 heavy (non-hydrogen) atoms. The molecule has 10 heteroatoms. The van der Waals surface area contributed by atoms with Crippen molar-refractivity contribution in [1.29, 1.82) is 0 Å². The first kappa shape index (κ1) is 21.8. The van der Waals surface area contributed by atoms with Crippen LogP contribution in [0.1, 0.15) is 40.6 Å². The number of aromatic nitrogens is 2. The smallest absolute Gasteiger partial charge is 0.282 e. The van der Waals surface area contributed by atoms with Crippen LogP contribution >= 0.6 is 0 Å². The summed E-state index contributed by atoms with van der Waals surface area (Å²) in [4.78, 5) is 21.6. The first-order valence-electron chi connectivity index (χ1n) is 10.5. The Morgan fingerprint density at radius 3 is 2.58 bits per heavy atom. The van der Waals surface area contributed by atoms with Crippen LogP contribution in [0.3, 0.4) is 0 Å². The Hall–Kier alpha value is -2.40. The number of hydrogen-bond donors (Lipinski definition) is 1. The van der Waals surface area contributed by atoms with Crippen LogP contribution in [-0.2, 0) is 14.9 Å².